The van der Waals surface area contributed by atoms with E-state index in [9.17, 15) is 4.79 Å². The first-order valence-corrected chi connectivity index (χ1v) is 9.68. The normalized spacial score (nSPS) is 14.2. The first-order valence-electron chi connectivity index (χ1n) is 9.68. The van der Waals surface area contributed by atoms with Gasteiger partial charge < -0.3 is 25.0 Å². The fourth-order valence-electron chi connectivity index (χ4n) is 3.09. The summed E-state index contributed by atoms with van der Waals surface area (Å²) in [5.41, 5.74) is 1.20. The van der Waals surface area contributed by atoms with Crippen molar-refractivity contribution < 1.29 is 14.3 Å². The van der Waals surface area contributed by atoms with Crippen molar-refractivity contribution in [3.8, 4) is 11.5 Å². The second-order valence-corrected chi connectivity index (χ2v) is 6.50. The van der Waals surface area contributed by atoms with Gasteiger partial charge in [0.15, 0.2) is 17.5 Å². The maximum atomic E-state index is 12.1. The van der Waals surface area contributed by atoms with Gasteiger partial charge >= 0.3 is 0 Å². The van der Waals surface area contributed by atoms with Crippen molar-refractivity contribution in [2.24, 2.45) is 4.99 Å². The van der Waals surface area contributed by atoms with Crippen LogP contribution in [0.1, 0.15) is 31.7 Å². The Labute approximate surface area is 162 Å². The molecule has 1 amide bonds. The van der Waals surface area contributed by atoms with Crippen molar-refractivity contribution in [3.05, 3.63) is 23.8 Å². The fourth-order valence-corrected chi connectivity index (χ4v) is 3.09. The molecule has 0 atom stereocenters. The van der Waals surface area contributed by atoms with E-state index < -0.39 is 0 Å². The first kappa shape index (κ1) is 20.9. The van der Waals surface area contributed by atoms with Crippen LogP contribution in [0, 0.1) is 0 Å². The fraction of sp³-hybridized carbons (Fsp3) is 0.600. The molecule has 0 aliphatic carbocycles. The van der Waals surface area contributed by atoms with Gasteiger partial charge in [-0.2, -0.15) is 0 Å². The maximum Gasteiger partial charge on any atom is 0.244 e. The third-order valence-electron chi connectivity index (χ3n) is 4.56. The minimum atomic E-state index is 0.107. The number of hydrogen-bond donors (Lipinski definition) is 2. The van der Waals surface area contributed by atoms with Gasteiger partial charge in [0.05, 0.1) is 14.2 Å². The van der Waals surface area contributed by atoms with Crippen LogP contribution in [0.4, 0.5) is 0 Å². The van der Waals surface area contributed by atoms with Crippen molar-refractivity contribution in [2.75, 3.05) is 46.9 Å². The van der Waals surface area contributed by atoms with Gasteiger partial charge in [-0.3, -0.25) is 4.79 Å². The molecule has 7 heteroatoms. The third kappa shape index (κ3) is 6.66. The highest BCUT2D eigenvalue weighted by Gasteiger charge is 2.17. The van der Waals surface area contributed by atoms with E-state index in [2.05, 4.69) is 21.7 Å². The van der Waals surface area contributed by atoms with E-state index in [0.717, 1.165) is 63.4 Å². The van der Waals surface area contributed by atoms with E-state index >= 15 is 0 Å². The Morgan fingerprint density at radius 1 is 1.15 bits per heavy atom. The largest absolute Gasteiger partial charge is 0.493 e. The molecule has 0 unspecified atom stereocenters. The highest BCUT2D eigenvalue weighted by Crippen LogP contribution is 2.27. The van der Waals surface area contributed by atoms with E-state index in [1.54, 1.807) is 14.2 Å². The Morgan fingerprint density at radius 2 is 1.89 bits per heavy atom. The van der Waals surface area contributed by atoms with E-state index in [1.165, 1.54) is 5.56 Å². The molecule has 1 fully saturated rings. The van der Waals surface area contributed by atoms with Crippen LogP contribution in [0.15, 0.2) is 23.2 Å². The number of hydrogen-bond acceptors (Lipinski definition) is 4. The number of likely N-dealkylation sites (tertiary alicyclic amines) is 1. The second-order valence-electron chi connectivity index (χ2n) is 6.50. The molecule has 1 aromatic rings. The lowest BCUT2D eigenvalue weighted by atomic mass is 10.1. The highest BCUT2D eigenvalue weighted by atomic mass is 16.5. The molecule has 1 aromatic carbocycles. The van der Waals surface area contributed by atoms with E-state index in [4.69, 9.17) is 9.47 Å². The number of ether oxygens (including phenoxy) is 2. The van der Waals surface area contributed by atoms with Crippen LogP contribution in [0.5, 0.6) is 11.5 Å². The number of aryl methyl sites for hydroxylation is 1. The minimum absolute atomic E-state index is 0.107. The third-order valence-corrected chi connectivity index (χ3v) is 4.56. The van der Waals surface area contributed by atoms with Crippen molar-refractivity contribution in [1.29, 1.82) is 0 Å². The molecule has 1 heterocycles. The van der Waals surface area contributed by atoms with E-state index in [-0.39, 0.29) is 12.5 Å². The summed E-state index contributed by atoms with van der Waals surface area (Å²) in [5, 5.41) is 6.49. The average molecular weight is 377 g/mol. The number of rotatable bonds is 9. The van der Waals surface area contributed by atoms with Gasteiger partial charge in [-0.05, 0) is 50.3 Å². The standard InChI is InChI=1S/C20H32N4O3/c1-4-21-20(23-15-19(25)24-12-5-6-13-24)22-11-7-8-16-9-10-17(26-2)18(14-16)27-3/h9-10,14H,4-8,11-13,15H2,1-3H3,(H2,21,22,23). The van der Waals surface area contributed by atoms with Gasteiger partial charge in [0.25, 0.3) is 0 Å². The molecule has 1 aliphatic rings. The number of carbonyl (C=O) groups excluding carboxylic acids is 1. The van der Waals surface area contributed by atoms with Gasteiger partial charge in [-0.15, -0.1) is 0 Å². The lowest BCUT2D eigenvalue weighted by Gasteiger charge is -2.15. The first-order chi connectivity index (χ1) is 13.2. The number of benzene rings is 1. The Hall–Kier alpha value is -2.44. The van der Waals surface area contributed by atoms with Gasteiger partial charge in [0, 0.05) is 26.2 Å². The Morgan fingerprint density at radius 3 is 2.56 bits per heavy atom. The zero-order valence-electron chi connectivity index (χ0n) is 16.7. The SMILES string of the molecule is CCNC(=NCC(=O)N1CCCC1)NCCCc1ccc(OC)c(OC)c1. The van der Waals surface area contributed by atoms with Crippen LogP contribution in [-0.4, -0.2) is 63.7 Å². The molecular formula is C20H32N4O3. The summed E-state index contributed by atoms with van der Waals surface area (Å²) >= 11 is 0. The average Bonchev–Trinajstić information content (AvgIpc) is 3.23. The monoisotopic (exact) mass is 376 g/mol. The molecule has 27 heavy (non-hydrogen) atoms. The van der Waals surface area contributed by atoms with Gasteiger partial charge in [-0.25, -0.2) is 4.99 Å². The lowest BCUT2D eigenvalue weighted by molar-refractivity contribution is -0.128. The molecule has 2 rings (SSSR count). The smallest absolute Gasteiger partial charge is 0.244 e. The summed E-state index contributed by atoms with van der Waals surface area (Å²) < 4.78 is 10.6. The summed E-state index contributed by atoms with van der Waals surface area (Å²) in [6.07, 6.45) is 4.06. The van der Waals surface area contributed by atoms with Gasteiger partial charge in [-0.1, -0.05) is 6.07 Å². The van der Waals surface area contributed by atoms with Crippen LogP contribution < -0.4 is 20.1 Å². The number of nitrogens with one attached hydrogen (secondary N) is 2. The molecule has 1 aliphatic heterocycles. The molecule has 0 radical (unpaired) electrons. The molecule has 7 nitrogen and oxygen atoms in total. The zero-order valence-corrected chi connectivity index (χ0v) is 16.7. The quantitative estimate of drug-likeness (QED) is 0.391. The summed E-state index contributed by atoms with van der Waals surface area (Å²) in [5.74, 6) is 2.29. The van der Waals surface area contributed by atoms with Crippen molar-refractivity contribution >= 4 is 11.9 Å². The molecule has 1 saturated heterocycles. The number of amides is 1. The molecule has 0 bridgehead atoms. The summed E-state index contributed by atoms with van der Waals surface area (Å²) in [6, 6.07) is 5.99. The molecule has 0 saturated carbocycles. The van der Waals surface area contributed by atoms with E-state index in [0.29, 0.717) is 5.96 Å². The van der Waals surface area contributed by atoms with Crippen LogP contribution in [0.3, 0.4) is 0 Å². The van der Waals surface area contributed by atoms with Gasteiger partial charge in [0.1, 0.15) is 6.54 Å². The van der Waals surface area contributed by atoms with Crippen molar-refractivity contribution in [2.45, 2.75) is 32.6 Å². The molecule has 0 aromatic heterocycles. The number of aliphatic imine (C=N–C) groups is 1. The number of guanidine groups is 1. The Balaban J connectivity index is 1.78. The molecule has 2 N–H and O–H groups in total. The van der Waals surface area contributed by atoms with Crippen molar-refractivity contribution in [1.82, 2.24) is 15.5 Å². The predicted molar refractivity (Wildman–Crippen MR) is 108 cm³/mol. The van der Waals surface area contributed by atoms with Crippen molar-refractivity contribution in [3.63, 3.8) is 0 Å². The molecule has 0 spiro atoms. The van der Waals surface area contributed by atoms with Crippen LogP contribution in [0.25, 0.3) is 0 Å². The topological polar surface area (TPSA) is 75.2 Å². The lowest BCUT2D eigenvalue weighted by Crippen LogP contribution is -2.39. The summed E-state index contributed by atoms with van der Waals surface area (Å²) in [6.45, 7) is 5.49. The molecular weight excluding hydrogens is 344 g/mol. The minimum Gasteiger partial charge on any atom is -0.493 e. The Kier molecular flexibility index (Phi) is 8.74. The number of methoxy groups -OCH3 is 2. The number of carbonyl (C=O) groups is 1. The maximum absolute atomic E-state index is 12.1. The van der Waals surface area contributed by atoms with E-state index in [1.807, 2.05) is 24.0 Å². The van der Waals surface area contributed by atoms with Crippen LogP contribution >= 0.6 is 0 Å². The van der Waals surface area contributed by atoms with Crippen LogP contribution in [-0.2, 0) is 11.2 Å². The zero-order chi connectivity index (χ0) is 19.5. The molecule has 150 valence electrons. The van der Waals surface area contributed by atoms with Crippen LogP contribution in [0.2, 0.25) is 0 Å². The number of nitrogens with zero attached hydrogens (tertiary/aromatic N) is 2. The predicted octanol–water partition coefficient (Wildman–Crippen LogP) is 1.81. The Bertz CT molecular complexity index is 628. The summed E-state index contributed by atoms with van der Waals surface area (Å²) in [7, 11) is 3.28. The second kappa shape index (κ2) is 11.3. The van der Waals surface area contributed by atoms with Gasteiger partial charge in [0.2, 0.25) is 5.91 Å². The highest BCUT2D eigenvalue weighted by molar-refractivity contribution is 5.85. The summed E-state index contributed by atoms with van der Waals surface area (Å²) in [4.78, 5) is 18.4.